The second-order valence-corrected chi connectivity index (χ2v) is 6.94. The number of aliphatic hydroxyl groups is 1. The first-order chi connectivity index (χ1) is 12.1. The summed E-state index contributed by atoms with van der Waals surface area (Å²) in [5, 5.41) is 16.4. The standard InChI is InChI=1S/C17H23N5O3/c1-11-5-18-16-15(6-19-22(16)7-11)17(24)20-12-4-13-10-25-14(2-3-23)9-21(13)8-12/h5-7,12-14,23H,2-4,8-10H2,1H3,(H,20,24)/t12-,13+,14+/m1/s1. The molecule has 2 fully saturated rings. The normalized spacial score (nSPS) is 26.7. The van der Waals surface area contributed by atoms with E-state index < -0.39 is 0 Å². The van der Waals surface area contributed by atoms with Crippen LogP contribution in [0.25, 0.3) is 5.65 Å². The number of aromatic nitrogens is 3. The van der Waals surface area contributed by atoms with Gasteiger partial charge in [0.25, 0.3) is 5.91 Å². The fourth-order valence-electron chi connectivity index (χ4n) is 3.76. The quantitative estimate of drug-likeness (QED) is 0.810. The van der Waals surface area contributed by atoms with Gasteiger partial charge in [0, 0.05) is 44.2 Å². The van der Waals surface area contributed by atoms with Gasteiger partial charge >= 0.3 is 0 Å². The van der Waals surface area contributed by atoms with Crippen molar-refractivity contribution in [2.24, 2.45) is 0 Å². The molecule has 1 amide bonds. The van der Waals surface area contributed by atoms with E-state index in [1.165, 1.54) is 0 Å². The summed E-state index contributed by atoms with van der Waals surface area (Å²) >= 11 is 0. The summed E-state index contributed by atoms with van der Waals surface area (Å²) in [6.45, 7) is 4.37. The number of amides is 1. The first kappa shape index (κ1) is 16.4. The highest BCUT2D eigenvalue weighted by atomic mass is 16.5. The molecule has 25 heavy (non-hydrogen) atoms. The van der Waals surface area contributed by atoms with E-state index in [-0.39, 0.29) is 24.7 Å². The molecule has 3 atom stereocenters. The Morgan fingerprint density at radius 3 is 3.16 bits per heavy atom. The van der Waals surface area contributed by atoms with Crippen molar-refractivity contribution in [3.05, 3.63) is 29.7 Å². The van der Waals surface area contributed by atoms with E-state index >= 15 is 0 Å². The molecule has 2 N–H and O–H groups in total. The number of nitrogens with one attached hydrogen (secondary N) is 1. The van der Waals surface area contributed by atoms with Crippen molar-refractivity contribution in [2.45, 2.75) is 38.0 Å². The molecule has 0 spiro atoms. The summed E-state index contributed by atoms with van der Waals surface area (Å²) in [6, 6.07) is 0.430. The Morgan fingerprint density at radius 2 is 2.32 bits per heavy atom. The summed E-state index contributed by atoms with van der Waals surface area (Å²) in [5.74, 6) is -0.135. The monoisotopic (exact) mass is 345 g/mol. The smallest absolute Gasteiger partial charge is 0.257 e. The lowest BCUT2D eigenvalue weighted by atomic mass is 10.1. The lowest BCUT2D eigenvalue weighted by Crippen LogP contribution is -2.46. The van der Waals surface area contributed by atoms with Gasteiger partial charge in [-0.3, -0.25) is 9.69 Å². The number of morpholine rings is 1. The number of carbonyl (C=O) groups is 1. The highest BCUT2D eigenvalue weighted by Crippen LogP contribution is 2.24. The van der Waals surface area contributed by atoms with Crippen molar-refractivity contribution in [3.63, 3.8) is 0 Å². The number of aryl methyl sites for hydroxylation is 1. The van der Waals surface area contributed by atoms with Crippen LogP contribution in [0.1, 0.15) is 28.8 Å². The van der Waals surface area contributed by atoms with E-state index in [0.29, 0.717) is 30.3 Å². The Labute approximate surface area is 145 Å². The molecule has 0 bridgehead atoms. The third kappa shape index (κ3) is 3.24. The van der Waals surface area contributed by atoms with Crippen molar-refractivity contribution in [1.29, 1.82) is 0 Å². The molecule has 2 aliphatic heterocycles. The molecule has 2 aliphatic rings. The number of carbonyl (C=O) groups excluding carboxylic acids is 1. The maximum atomic E-state index is 12.6. The molecule has 2 aromatic heterocycles. The van der Waals surface area contributed by atoms with Crippen molar-refractivity contribution in [1.82, 2.24) is 24.8 Å². The topological polar surface area (TPSA) is 92.0 Å². The molecule has 134 valence electrons. The van der Waals surface area contributed by atoms with Crippen molar-refractivity contribution < 1.29 is 14.6 Å². The van der Waals surface area contributed by atoms with Gasteiger partial charge in [-0.2, -0.15) is 5.10 Å². The van der Waals surface area contributed by atoms with Crippen LogP contribution in [0.4, 0.5) is 0 Å². The van der Waals surface area contributed by atoms with Gasteiger partial charge in [-0.15, -0.1) is 0 Å². The lowest BCUT2D eigenvalue weighted by molar-refractivity contribution is -0.0566. The van der Waals surface area contributed by atoms with Crippen LogP contribution >= 0.6 is 0 Å². The van der Waals surface area contributed by atoms with Crippen molar-refractivity contribution in [2.75, 3.05) is 26.3 Å². The fraction of sp³-hybridized carbons (Fsp3) is 0.588. The Hall–Kier alpha value is -2.03. The number of hydrogen-bond acceptors (Lipinski definition) is 6. The van der Waals surface area contributed by atoms with Gasteiger partial charge in [-0.1, -0.05) is 0 Å². The number of aliphatic hydroxyl groups excluding tert-OH is 1. The second-order valence-electron chi connectivity index (χ2n) is 6.94. The van der Waals surface area contributed by atoms with Gasteiger partial charge < -0.3 is 15.2 Å². The minimum Gasteiger partial charge on any atom is -0.396 e. The van der Waals surface area contributed by atoms with Gasteiger partial charge in [0.1, 0.15) is 5.56 Å². The Morgan fingerprint density at radius 1 is 1.44 bits per heavy atom. The van der Waals surface area contributed by atoms with Crippen LogP contribution in [0.5, 0.6) is 0 Å². The summed E-state index contributed by atoms with van der Waals surface area (Å²) in [5.41, 5.74) is 2.07. The lowest BCUT2D eigenvalue weighted by Gasteiger charge is -2.34. The van der Waals surface area contributed by atoms with E-state index in [2.05, 4.69) is 20.3 Å². The van der Waals surface area contributed by atoms with Crippen LogP contribution in [-0.2, 0) is 4.74 Å². The average molecular weight is 345 g/mol. The predicted molar refractivity (Wildman–Crippen MR) is 90.4 cm³/mol. The van der Waals surface area contributed by atoms with E-state index in [9.17, 15) is 4.79 Å². The summed E-state index contributed by atoms with van der Waals surface area (Å²) in [7, 11) is 0. The molecule has 0 aliphatic carbocycles. The first-order valence-corrected chi connectivity index (χ1v) is 8.71. The summed E-state index contributed by atoms with van der Waals surface area (Å²) in [4.78, 5) is 19.3. The zero-order valence-electron chi connectivity index (χ0n) is 14.3. The molecule has 0 radical (unpaired) electrons. The zero-order chi connectivity index (χ0) is 17.4. The maximum Gasteiger partial charge on any atom is 0.257 e. The Balaban J connectivity index is 1.41. The number of rotatable bonds is 4. The predicted octanol–water partition coefficient (Wildman–Crippen LogP) is -0.00838. The molecule has 8 nitrogen and oxygen atoms in total. The molecular weight excluding hydrogens is 322 g/mol. The molecule has 2 aromatic rings. The number of fused-ring (bicyclic) bond motifs is 2. The summed E-state index contributed by atoms with van der Waals surface area (Å²) < 4.78 is 7.42. The molecule has 0 unspecified atom stereocenters. The van der Waals surface area contributed by atoms with E-state index in [4.69, 9.17) is 9.84 Å². The van der Waals surface area contributed by atoms with Gasteiger partial charge in [-0.05, 0) is 25.3 Å². The summed E-state index contributed by atoms with van der Waals surface area (Å²) in [6.07, 6.45) is 6.79. The maximum absolute atomic E-state index is 12.6. The third-order valence-corrected chi connectivity index (χ3v) is 5.01. The highest BCUT2D eigenvalue weighted by Gasteiger charge is 2.37. The minimum absolute atomic E-state index is 0.0859. The van der Waals surface area contributed by atoms with Crippen LogP contribution in [0.3, 0.4) is 0 Å². The first-order valence-electron chi connectivity index (χ1n) is 8.71. The van der Waals surface area contributed by atoms with Gasteiger partial charge in [0.15, 0.2) is 5.65 Å². The average Bonchev–Trinajstić information content (AvgIpc) is 3.17. The Bertz CT molecular complexity index is 777. The molecule has 8 heteroatoms. The van der Waals surface area contributed by atoms with Crippen molar-refractivity contribution >= 4 is 11.6 Å². The van der Waals surface area contributed by atoms with E-state index in [0.717, 1.165) is 25.1 Å². The van der Waals surface area contributed by atoms with Crippen molar-refractivity contribution in [3.8, 4) is 0 Å². The SMILES string of the molecule is Cc1cnc2c(C(=O)N[C@@H]3C[C@H]4CO[C@@H](CCO)CN4C3)cnn2c1. The number of hydrogen-bond donors (Lipinski definition) is 2. The molecule has 0 aromatic carbocycles. The second kappa shape index (κ2) is 6.70. The largest absolute Gasteiger partial charge is 0.396 e. The Kier molecular flexibility index (Phi) is 4.41. The zero-order valence-corrected chi connectivity index (χ0v) is 14.3. The van der Waals surface area contributed by atoms with Crippen LogP contribution in [-0.4, -0.2) is 75.0 Å². The molecular formula is C17H23N5O3. The van der Waals surface area contributed by atoms with Gasteiger partial charge in [0.05, 0.1) is 18.9 Å². The number of ether oxygens (including phenoxy) is 1. The number of nitrogens with zero attached hydrogens (tertiary/aromatic N) is 4. The van der Waals surface area contributed by atoms with Crippen LogP contribution in [0.2, 0.25) is 0 Å². The van der Waals surface area contributed by atoms with E-state index in [1.807, 2.05) is 13.1 Å². The third-order valence-electron chi connectivity index (χ3n) is 5.01. The van der Waals surface area contributed by atoms with E-state index in [1.54, 1.807) is 16.9 Å². The molecule has 2 saturated heterocycles. The van der Waals surface area contributed by atoms with Crippen LogP contribution in [0.15, 0.2) is 18.6 Å². The van der Waals surface area contributed by atoms with Gasteiger partial charge in [0.2, 0.25) is 0 Å². The molecule has 0 saturated carbocycles. The van der Waals surface area contributed by atoms with Crippen LogP contribution in [0, 0.1) is 6.92 Å². The highest BCUT2D eigenvalue weighted by molar-refractivity contribution is 5.99. The molecule has 4 heterocycles. The minimum atomic E-state index is -0.135. The fourth-order valence-corrected chi connectivity index (χ4v) is 3.76. The van der Waals surface area contributed by atoms with Crippen LogP contribution < -0.4 is 5.32 Å². The molecule has 4 rings (SSSR count). The van der Waals surface area contributed by atoms with Gasteiger partial charge in [-0.25, -0.2) is 9.50 Å².